The summed E-state index contributed by atoms with van der Waals surface area (Å²) in [5, 5.41) is 33.8. The fourth-order valence-electron chi connectivity index (χ4n) is 15.8. The lowest BCUT2D eigenvalue weighted by atomic mass is 9.96. The molecule has 15 nitrogen and oxygen atoms in total. The van der Waals surface area contributed by atoms with Crippen LogP contribution in [0, 0.1) is 0 Å². The van der Waals surface area contributed by atoms with E-state index in [1.54, 1.807) is 0 Å². The van der Waals surface area contributed by atoms with Crippen molar-refractivity contribution in [2.45, 2.75) is 0 Å². The molecule has 0 aliphatic carbocycles. The highest BCUT2D eigenvalue weighted by Gasteiger charge is 2.21. The van der Waals surface area contributed by atoms with Crippen molar-refractivity contribution < 1.29 is 29.0 Å². The summed E-state index contributed by atoms with van der Waals surface area (Å²) in [5.41, 5.74) is 24.8. The van der Waals surface area contributed by atoms with Crippen LogP contribution in [0.4, 0.5) is 0 Å². The Bertz CT molecular complexity index is 6380. The summed E-state index contributed by atoms with van der Waals surface area (Å²) < 4.78 is 22.4. The summed E-state index contributed by atoms with van der Waals surface area (Å²) >= 11 is 0. The molecule has 120 heavy (non-hydrogen) atoms. The van der Waals surface area contributed by atoms with E-state index >= 15 is 0 Å². The van der Waals surface area contributed by atoms with Crippen LogP contribution in [0.1, 0.15) is 0 Å². The highest BCUT2D eigenvalue weighted by molar-refractivity contribution is 6.19. The Labute approximate surface area is 693 Å². The molecule has 0 aliphatic rings. The molecule has 7 heterocycles. The van der Waals surface area contributed by atoms with E-state index in [2.05, 4.69) is 194 Å². The van der Waals surface area contributed by atoms with Gasteiger partial charge in [0.05, 0.1) is 55.9 Å². The molecule has 14 aromatic carbocycles. The van der Waals surface area contributed by atoms with E-state index in [1.165, 1.54) is 0 Å². The highest BCUT2D eigenvalue weighted by Crippen LogP contribution is 2.41. The van der Waals surface area contributed by atoms with Crippen LogP contribution in [0.25, 0.3) is 184 Å². The van der Waals surface area contributed by atoms with Crippen molar-refractivity contribution in [1.82, 2.24) is 43.6 Å². The summed E-state index contributed by atoms with van der Waals surface area (Å²) in [6.45, 7) is 0. The number of fused-ring (bicyclic) bond motifs is 9. The predicted molar refractivity (Wildman–Crippen MR) is 484 cm³/mol. The van der Waals surface area contributed by atoms with E-state index < -0.39 is 0 Å². The van der Waals surface area contributed by atoms with E-state index in [9.17, 15) is 0 Å². The zero-order valence-corrected chi connectivity index (χ0v) is 64.4. The Balaban J connectivity index is 0.000000119. The second kappa shape index (κ2) is 33.7. The van der Waals surface area contributed by atoms with Gasteiger partial charge < -0.3 is 42.7 Å². The first-order valence-electron chi connectivity index (χ1n) is 39.1. The number of hydrogen-bond acceptors (Lipinski definition) is 12. The molecule has 18 heteroatoms. The van der Waals surface area contributed by atoms with Gasteiger partial charge in [-0.1, -0.05) is 212 Å². The number of hydrogen-bond donors (Lipinski definition) is 3. The van der Waals surface area contributed by atoms with Gasteiger partial charge in [-0.05, 0) is 198 Å². The van der Waals surface area contributed by atoms with E-state index in [4.69, 9.17) is 49.0 Å². The fraction of sp³-hybridized carbons (Fsp3) is 0. The Morgan fingerprint density at radius 3 is 0.850 bits per heavy atom. The zero-order chi connectivity index (χ0) is 80.7. The quantitative estimate of drug-likeness (QED) is 0.0693. The van der Waals surface area contributed by atoms with Crippen LogP contribution in [0.2, 0.25) is 0 Å². The highest BCUT2D eigenvalue weighted by atomic mass is 16.5. The van der Waals surface area contributed by atoms with Gasteiger partial charge in [-0.25, -0.2) is 19.9 Å². The van der Waals surface area contributed by atoms with Crippen LogP contribution in [-0.2, 0) is 0 Å². The van der Waals surface area contributed by atoms with Gasteiger partial charge in [0.15, 0.2) is 17.5 Å². The third-order valence-electron chi connectivity index (χ3n) is 21.3. The average molecular weight is 1550 g/mol. The lowest BCUT2D eigenvalue weighted by Gasteiger charge is -2.12. The third kappa shape index (κ3) is 15.2. The van der Waals surface area contributed by atoms with E-state index in [0.29, 0.717) is 57.8 Å². The molecule has 0 fully saturated rings. The monoisotopic (exact) mass is 1550 g/mol. The normalized spacial score (nSPS) is 11.1. The van der Waals surface area contributed by atoms with Crippen molar-refractivity contribution in [3.8, 4) is 136 Å². The van der Waals surface area contributed by atoms with Gasteiger partial charge in [0.25, 0.3) is 0 Å². The fourth-order valence-corrected chi connectivity index (χ4v) is 15.8. The minimum atomic E-state index is 0.575. The molecule has 0 amide bonds. The SMILES string of the molecule is O[B]Oc1ccc2c(c1)c1ccccc1n2-c1ccc(-c2cc(-c3ccccc3)cc(-c3ccccc3)n2)cc1.O[B]Oc1ccc2c(c1)c1ccccc1n2-c1ccc(-c2cc(-c3ccccn3)cc(-c3ccccn3)c2)cc1.O[B]Oc1ccc2c(c1)c1ccccc1n2-c1ccc(-c2nc(-c3ccccc3)nc(-c3ccccc3)n2)cc1. The molecule has 567 valence electrons. The molecule has 0 unspecified atom stereocenters. The zero-order valence-electron chi connectivity index (χ0n) is 64.4. The summed E-state index contributed by atoms with van der Waals surface area (Å²) in [6, 6.07) is 131. The Morgan fingerprint density at radius 1 is 0.200 bits per heavy atom. The second-order valence-electron chi connectivity index (χ2n) is 28.5. The van der Waals surface area contributed by atoms with Crippen LogP contribution < -0.4 is 14.0 Å². The van der Waals surface area contributed by atoms with Gasteiger partial charge in [-0.15, -0.1) is 0 Å². The molecule has 7 aromatic heterocycles. The minimum absolute atomic E-state index is 0.575. The van der Waals surface area contributed by atoms with Crippen LogP contribution in [-0.4, -0.2) is 81.7 Å². The Morgan fingerprint density at radius 2 is 0.483 bits per heavy atom. The number of aromatic nitrogens is 9. The van der Waals surface area contributed by atoms with Crippen molar-refractivity contribution in [2.75, 3.05) is 0 Å². The molecule has 21 aromatic rings. The summed E-state index contributed by atoms with van der Waals surface area (Å²) in [7, 11) is 2.12. The number of pyridine rings is 3. The van der Waals surface area contributed by atoms with Crippen molar-refractivity contribution >= 4 is 88.5 Å². The van der Waals surface area contributed by atoms with Crippen molar-refractivity contribution in [3.63, 3.8) is 0 Å². The second-order valence-corrected chi connectivity index (χ2v) is 28.5. The molecular formula is C102H69B3N9O6. The van der Waals surface area contributed by atoms with Crippen molar-refractivity contribution in [2.24, 2.45) is 0 Å². The Hall–Kier alpha value is -15.6. The standard InChI is InChI=1S/C35H24BN2O2.C34H23BN3O2.C33H22BN4O2/c39-36-40-29-19-20-35-31(23-29)30-13-7-8-14-34(30)38(35)28-17-15-26(16-18-28)33-22-27(24-9-3-1-4-10-24)21-32(37-33)25-11-5-2-6-12-25;39-35-40-28-15-16-34-30(22-28)29-7-1-2-10-33(29)38(34)27-13-11-23(12-14-27)24-19-25(31-8-3-5-17-36-31)21-26(20-24)32-9-4-6-18-37-32;39-34-40-26-19-20-30-28(21-26)27-13-7-8-14-29(27)38(30)25-17-15-24(16-18-25)33-36-31(22-9-3-1-4-10-22)35-32(37-33)23-11-5-2-6-12-23/h1-23,39H;1-22,39H;1-21,39H. The third-order valence-corrected chi connectivity index (χ3v) is 21.3. The Kier molecular flexibility index (Phi) is 20.9. The molecule has 3 radical (unpaired) electrons. The topological polar surface area (TPSA) is 181 Å². The summed E-state index contributed by atoms with van der Waals surface area (Å²) in [6.07, 6.45) is 3.64. The van der Waals surface area contributed by atoms with Gasteiger partial charge in [0, 0.05) is 101 Å². The van der Waals surface area contributed by atoms with Crippen LogP contribution in [0.15, 0.2) is 401 Å². The number of benzene rings is 14. The van der Waals surface area contributed by atoms with Gasteiger partial charge in [0.2, 0.25) is 0 Å². The van der Waals surface area contributed by atoms with E-state index in [1.807, 2.05) is 231 Å². The van der Waals surface area contributed by atoms with Gasteiger partial charge >= 0.3 is 23.1 Å². The molecule has 0 spiro atoms. The number of rotatable bonds is 18. The van der Waals surface area contributed by atoms with Crippen LogP contribution in [0.5, 0.6) is 17.2 Å². The molecule has 0 atom stereocenters. The van der Waals surface area contributed by atoms with Gasteiger partial charge in [-0.3, -0.25) is 9.97 Å². The maximum atomic E-state index is 9.11. The maximum Gasteiger partial charge on any atom is 0.569 e. The summed E-state index contributed by atoms with van der Waals surface area (Å²) in [5.74, 6) is 3.63. The van der Waals surface area contributed by atoms with Crippen LogP contribution >= 0.6 is 0 Å². The largest absolute Gasteiger partial charge is 0.569 e. The van der Waals surface area contributed by atoms with Crippen molar-refractivity contribution in [1.29, 1.82) is 0 Å². The van der Waals surface area contributed by atoms with Crippen molar-refractivity contribution in [3.05, 3.63) is 401 Å². The van der Waals surface area contributed by atoms with Gasteiger partial charge in [-0.2, -0.15) is 0 Å². The molecular weight excluding hydrogens is 1480 g/mol. The van der Waals surface area contributed by atoms with Gasteiger partial charge in [0.1, 0.15) is 17.2 Å². The average Bonchev–Trinajstić information content (AvgIpc) is 1.60. The molecule has 0 saturated heterocycles. The number of para-hydroxylation sites is 3. The molecule has 0 aliphatic heterocycles. The molecule has 3 N–H and O–H groups in total. The number of nitrogens with zero attached hydrogens (tertiary/aromatic N) is 9. The summed E-state index contributed by atoms with van der Waals surface area (Å²) in [4.78, 5) is 28.8. The lowest BCUT2D eigenvalue weighted by molar-refractivity contribution is 0.453. The first-order valence-corrected chi connectivity index (χ1v) is 39.1. The first-order chi connectivity index (χ1) is 59.3. The smallest absolute Gasteiger partial charge is 0.537 e. The molecule has 21 rings (SSSR count). The minimum Gasteiger partial charge on any atom is -0.537 e. The van der Waals surface area contributed by atoms with E-state index in [0.717, 1.165) is 166 Å². The van der Waals surface area contributed by atoms with E-state index in [-0.39, 0.29) is 0 Å². The first kappa shape index (κ1) is 74.5. The predicted octanol–water partition coefficient (Wildman–Crippen LogP) is 22.4. The van der Waals surface area contributed by atoms with Crippen LogP contribution in [0.3, 0.4) is 0 Å². The maximum absolute atomic E-state index is 9.11. The molecule has 0 saturated carbocycles. The lowest BCUT2D eigenvalue weighted by Crippen LogP contribution is -2.00. The molecule has 0 bridgehead atoms.